The first-order valence-electron chi connectivity index (χ1n) is 4.98. The van der Waals surface area contributed by atoms with Gasteiger partial charge in [-0.15, -0.1) is 0 Å². The van der Waals surface area contributed by atoms with Crippen LogP contribution in [0.5, 0.6) is 5.75 Å². The molecule has 0 unspecified atom stereocenters. The first kappa shape index (κ1) is 10.5. The molecule has 0 aliphatic carbocycles. The molecule has 2 rings (SSSR count). The molecule has 0 aromatic heterocycles. The Balaban J connectivity index is 2.31. The van der Waals surface area contributed by atoms with Crippen LogP contribution in [0.2, 0.25) is 0 Å². The van der Waals surface area contributed by atoms with E-state index in [9.17, 15) is 4.79 Å². The second-order valence-corrected chi connectivity index (χ2v) is 4.22. The molecule has 1 aliphatic rings. The summed E-state index contributed by atoms with van der Waals surface area (Å²) < 4.78 is 5.72. The number of carbonyl (C=O) groups is 1. The van der Waals surface area contributed by atoms with Gasteiger partial charge in [-0.3, -0.25) is 5.32 Å². The van der Waals surface area contributed by atoms with Crippen LogP contribution in [0.1, 0.15) is 19.4 Å². The van der Waals surface area contributed by atoms with Crippen LogP contribution in [0.25, 0.3) is 6.08 Å². The number of carboxylic acid groups (broad SMARTS) is 1. The van der Waals surface area contributed by atoms with Crippen LogP contribution in [-0.4, -0.2) is 16.8 Å². The molecule has 1 amide bonds. The van der Waals surface area contributed by atoms with Gasteiger partial charge < -0.3 is 9.84 Å². The van der Waals surface area contributed by atoms with E-state index in [4.69, 9.17) is 9.84 Å². The second-order valence-electron chi connectivity index (χ2n) is 4.22. The van der Waals surface area contributed by atoms with Gasteiger partial charge >= 0.3 is 6.09 Å². The van der Waals surface area contributed by atoms with E-state index in [-0.39, 0.29) is 5.60 Å². The van der Waals surface area contributed by atoms with Gasteiger partial charge in [0.1, 0.15) is 11.4 Å². The zero-order valence-corrected chi connectivity index (χ0v) is 9.15. The van der Waals surface area contributed by atoms with Crippen LogP contribution < -0.4 is 10.1 Å². The third kappa shape index (κ3) is 2.16. The van der Waals surface area contributed by atoms with Crippen LogP contribution in [0.15, 0.2) is 24.3 Å². The Morgan fingerprint density at radius 3 is 2.88 bits per heavy atom. The maximum atomic E-state index is 10.5. The monoisotopic (exact) mass is 219 g/mol. The van der Waals surface area contributed by atoms with E-state index >= 15 is 0 Å². The normalized spacial score (nSPS) is 16.1. The van der Waals surface area contributed by atoms with E-state index in [2.05, 4.69) is 5.32 Å². The highest BCUT2D eigenvalue weighted by Gasteiger charge is 2.21. The largest absolute Gasteiger partial charge is 0.483 e. The first-order valence-corrected chi connectivity index (χ1v) is 4.98. The molecule has 0 fully saturated rings. The Bertz CT molecular complexity index is 463. The van der Waals surface area contributed by atoms with Crippen LogP contribution in [0.3, 0.4) is 0 Å². The predicted octanol–water partition coefficient (Wildman–Crippen LogP) is 2.96. The molecule has 0 bridgehead atoms. The summed E-state index contributed by atoms with van der Waals surface area (Å²) in [5, 5.41) is 10.9. The molecule has 0 saturated carbocycles. The van der Waals surface area contributed by atoms with Crippen LogP contribution >= 0.6 is 0 Å². The van der Waals surface area contributed by atoms with Gasteiger partial charge in [-0.2, -0.15) is 0 Å². The Morgan fingerprint density at radius 1 is 1.44 bits per heavy atom. The summed E-state index contributed by atoms with van der Waals surface area (Å²) in [6, 6.07) is 5.20. The summed E-state index contributed by atoms with van der Waals surface area (Å²) in [6.07, 6.45) is 2.81. The number of rotatable bonds is 1. The van der Waals surface area contributed by atoms with Crippen molar-refractivity contribution in [2.75, 3.05) is 5.32 Å². The summed E-state index contributed by atoms with van der Waals surface area (Å²) >= 11 is 0. The van der Waals surface area contributed by atoms with Crippen molar-refractivity contribution in [1.82, 2.24) is 0 Å². The molecule has 1 aromatic rings. The average Bonchev–Trinajstić information content (AvgIpc) is 2.16. The molecule has 1 aliphatic heterocycles. The molecule has 2 N–H and O–H groups in total. The van der Waals surface area contributed by atoms with E-state index in [1.807, 2.05) is 26.0 Å². The molecule has 16 heavy (non-hydrogen) atoms. The highest BCUT2D eigenvalue weighted by Crippen LogP contribution is 2.32. The SMILES string of the molecule is CC1(C)C=Cc2cc(NC(=O)O)ccc2O1. The first-order chi connectivity index (χ1) is 7.46. The Labute approximate surface area is 93.5 Å². The zero-order chi connectivity index (χ0) is 11.8. The molecule has 0 atom stereocenters. The fourth-order valence-electron chi connectivity index (χ4n) is 1.58. The van der Waals surface area contributed by atoms with E-state index in [0.717, 1.165) is 11.3 Å². The fraction of sp³-hybridized carbons (Fsp3) is 0.250. The van der Waals surface area contributed by atoms with Gasteiger partial charge in [0.2, 0.25) is 0 Å². The van der Waals surface area contributed by atoms with Gasteiger partial charge in [0.15, 0.2) is 0 Å². The van der Waals surface area contributed by atoms with Gasteiger partial charge in [0.05, 0.1) is 0 Å². The lowest BCUT2D eigenvalue weighted by molar-refractivity contribution is 0.159. The lowest BCUT2D eigenvalue weighted by atomic mass is 10.0. The Kier molecular flexibility index (Phi) is 2.34. The van der Waals surface area contributed by atoms with Crippen LogP contribution in [0, 0.1) is 0 Å². The third-order valence-electron chi connectivity index (χ3n) is 2.30. The highest BCUT2D eigenvalue weighted by molar-refractivity contribution is 5.84. The predicted molar refractivity (Wildman–Crippen MR) is 61.8 cm³/mol. The molecule has 0 radical (unpaired) electrons. The van der Waals surface area contributed by atoms with Crippen molar-refractivity contribution >= 4 is 17.9 Å². The van der Waals surface area contributed by atoms with Crippen molar-refractivity contribution in [3.8, 4) is 5.75 Å². The van der Waals surface area contributed by atoms with Crippen molar-refractivity contribution in [2.45, 2.75) is 19.4 Å². The summed E-state index contributed by atoms with van der Waals surface area (Å²) in [7, 11) is 0. The average molecular weight is 219 g/mol. The number of hydrogen-bond acceptors (Lipinski definition) is 2. The molecule has 0 spiro atoms. The maximum absolute atomic E-state index is 10.5. The zero-order valence-electron chi connectivity index (χ0n) is 9.15. The number of amides is 1. The molecule has 1 heterocycles. The number of nitrogens with one attached hydrogen (secondary N) is 1. The summed E-state index contributed by atoms with van der Waals surface area (Å²) in [4.78, 5) is 10.5. The number of benzene rings is 1. The van der Waals surface area contributed by atoms with Gasteiger partial charge in [-0.05, 0) is 38.1 Å². The van der Waals surface area contributed by atoms with Gasteiger partial charge in [-0.1, -0.05) is 6.08 Å². The van der Waals surface area contributed by atoms with Gasteiger partial charge in [0, 0.05) is 11.3 Å². The molecule has 0 saturated heterocycles. The molecule has 84 valence electrons. The summed E-state index contributed by atoms with van der Waals surface area (Å²) in [5.74, 6) is 0.767. The summed E-state index contributed by atoms with van der Waals surface area (Å²) in [5.41, 5.74) is 1.11. The number of anilines is 1. The molecule has 4 nitrogen and oxygen atoms in total. The molecule has 1 aromatic carbocycles. The lowest BCUT2D eigenvalue weighted by Crippen LogP contribution is -2.27. The standard InChI is InChI=1S/C12H13NO3/c1-12(2)6-5-8-7-9(13-11(14)15)3-4-10(8)16-12/h3-7,13H,1-2H3,(H,14,15). The van der Waals surface area contributed by atoms with Crippen LogP contribution in [-0.2, 0) is 0 Å². The Hall–Kier alpha value is -1.97. The van der Waals surface area contributed by atoms with E-state index in [1.165, 1.54) is 0 Å². The van der Waals surface area contributed by atoms with Gasteiger partial charge in [0.25, 0.3) is 0 Å². The topological polar surface area (TPSA) is 58.6 Å². The Morgan fingerprint density at radius 2 is 2.19 bits per heavy atom. The van der Waals surface area contributed by atoms with E-state index in [0.29, 0.717) is 5.69 Å². The van der Waals surface area contributed by atoms with E-state index in [1.54, 1.807) is 18.2 Å². The quantitative estimate of drug-likeness (QED) is 0.763. The van der Waals surface area contributed by atoms with Crippen molar-refractivity contribution in [2.24, 2.45) is 0 Å². The molecule has 4 heteroatoms. The lowest BCUT2D eigenvalue weighted by Gasteiger charge is -2.27. The fourth-order valence-corrected chi connectivity index (χ4v) is 1.58. The van der Waals surface area contributed by atoms with Crippen molar-refractivity contribution in [1.29, 1.82) is 0 Å². The number of fused-ring (bicyclic) bond motifs is 1. The van der Waals surface area contributed by atoms with Crippen molar-refractivity contribution < 1.29 is 14.6 Å². The number of hydrogen-bond donors (Lipinski definition) is 2. The second kappa shape index (κ2) is 3.56. The smallest absolute Gasteiger partial charge is 0.409 e. The van der Waals surface area contributed by atoms with Gasteiger partial charge in [-0.25, -0.2) is 4.79 Å². The van der Waals surface area contributed by atoms with Crippen molar-refractivity contribution in [3.05, 3.63) is 29.8 Å². The number of ether oxygens (including phenoxy) is 1. The summed E-state index contributed by atoms with van der Waals surface area (Å²) in [6.45, 7) is 3.94. The van der Waals surface area contributed by atoms with Crippen molar-refractivity contribution in [3.63, 3.8) is 0 Å². The maximum Gasteiger partial charge on any atom is 0.409 e. The third-order valence-corrected chi connectivity index (χ3v) is 2.30. The van der Waals surface area contributed by atoms with Crippen LogP contribution in [0.4, 0.5) is 10.5 Å². The molecular formula is C12H13NO3. The molecular weight excluding hydrogens is 206 g/mol. The van der Waals surface area contributed by atoms with E-state index < -0.39 is 6.09 Å². The minimum atomic E-state index is -1.07. The minimum absolute atomic E-state index is 0.311. The minimum Gasteiger partial charge on any atom is -0.483 e. The highest BCUT2D eigenvalue weighted by atomic mass is 16.5.